The summed E-state index contributed by atoms with van der Waals surface area (Å²) in [6.07, 6.45) is 0.366. The summed E-state index contributed by atoms with van der Waals surface area (Å²) in [4.78, 5) is 14.8. The average Bonchev–Trinajstić information content (AvgIpc) is 3.00. The Balaban J connectivity index is 1.80. The molecule has 2 aromatic rings. The maximum absolute atomic E-state index is 11.2. The Morgan fingerprint density at radius 3 is 2.74 bits per heavy atom. The van der Waals surface area contributed by atoms with E-state index in [0.717, 1.165) is 18.0 Å². The monoisotopic (exact) mass is 295 g/mol. The van der Waals surface area contributed by atoms with Gasteiger partial charge in [0.1, 0.15) is 0 Å². The van der Waals surface area contributed by atoms with Crippen molar-refractivity contribution in [3.8, 4) is 0 Å². The van der Waals surface area contributed by atoms with E-state index in [9.17, 15) is 4.79 Å². The largest absolute Gasteiger partial charge is 0.469 e. The third-order valence-electron chi connectivity index (χ3n) is 2.82. The minimum Gasteiger partial charge on any atom is -0.469 e. The molecule has 1 N–H and O–H groups in total. The summed E-state index contributed by atoms with van der Waals surface area (Å²) >= 11 is 3.44. The van der Waals surface area contributed by atoms with Crippen LogP contribution in [0.3, 0.4) is 0 Å². The Morgan fingerprint density at radius 1 is 1.26 bits per heavy atom. The highest BCUT2D eigenvalue weighted by molar-refractivity contribution is 7.12. The molecule has 0 radical (unpaired) electrons. The zero-order valence-corrected chi connectivity index (χ0v) is 12.7. The van der Waals surface area contributed by atoms with Gasteiger partial charge in [-0.1, -0.05) is 0 Å². The SMILES string of the molecule is COC(=O)Cc1ccc(CNCc2sccc2C)s1. The van der Waals surface area contributed by atoms with Crippen LogP contribution in [0.15, 0.2) is 23.6 Å². The van der Waals surface area contributed by atoms with Crippen molar-refractivity contribution >= 4 is 28.6 Å². The van der Waals surface area contributed by atoms with E-state index in [4.69, 9.17) is 0 Å². The number of carbonyl (C=O) groups is 1. The molecule has 0 saturated heterocycles. The first kappa shape index (κ1) is 14.2. The Morgan fingerprint density at radius 2 is 2.05 bits per heavy atom. The Labute approximate surface area is 121 Å². The van der Waals surface area contributed by atoms with Gasteiger partial charge in [0.05, 0.1) is 13.5 Å². The maximum Gasteiger partial charge on any atom is 0.310 e. The average molecular weight is 295 g/mol. The predicted molar refractivity (Wildman–Crippen MR) is 79.6 cm³/mol. The van der Waals surface area contributed by atoms with Crippen molar-refractivity contribution in [2.45, 2.75) is 26.4 Å². The topological polar surface area (TPSA) is 38.3 Å². The van der Waals surface area contributed by atoms with Crippen molar-refractivity contribution in [1.29, 1.82) is 0 Å². The van der Waals surface area contributed by atoms with Gasteiger partial charge < -0.3 is 10.1 Å². The van der Waals surface area contributed by atoms with Crippen molar-refractivity contribution < 1.29 is 9.53 Å². The molecule has 2 heterocycles. The third kappa shape index (κ3) is 4.16. The number of aryl methyl sites for hydroxylation is 1. The summed E-state index contributed by atoms with van der Waals surface area (Å²) in [7, 11) is 1.42. The zero-order valence-electron chi connectivity index (χ0n) is 11.1. The summed E-state index contributed by atoms with van der Waals surface area (Å²) in [5.74, 6) is -0.185. The van der Waals surface area contributed by atoms with E-state index in [2.05, 4.69) is 34.5 Å². The van der Waals surface area contributed by atoms with Crippen LogP contribution in [0.25, 0.3) is 0 Å². The Hall–Kier alpha value is -1.17. The van der Waals surface area contributed by atoms with Crippen LogP contribution >= 0.6 is 22.7 Å². The maximum atomic E-state index is 11.2. The smallest absolute Gasteiger partial charge is 0.310 e. The van der Waals surface area contributed by atoms with Crippen LogP contribution in [0.4, 0.5) is 0 Å². The highest BCUT2D eigenvalue weighted by atomic mass is 32.1. The van der Waals surface area contributed by atoms with Crippen molar-refractivity contribution in [1.82, 2.24) is 5.32 Å². The molecule has 19 heavy (non-hydrogen) atoms. The van der Waals surface area contributed by atoms with E-state index in [1.54, 1.807) is 22.7 Å². The fraction of sp³-hybridized carbons (Fsp3) is 0.357. The van der Waals surface area contributed by atoms with Crippen LogP contribution in [0, 0.1) is 6.92 Å². The number of ether oxygens (including phenoxy) is 1. The minimum absolute atomic E-state index is 0.185. The van der Waals surface area contributed by atoms with Crippen molar-refractivity contribution in [2.24, 2.45) is 0 Å². The van der Waals surface area contributed by atoms with Gasteiger partial charge in [-0.05, 0) is 36.1 Å². The first-order valence-corrected chi connectivity index (χ1v) is 7.76. The highest BCUT2D eigenvalue weighted by Crippen LogP contribution is 2.18. The number of nitrogens with one attached hydrogen (secondary N) is 1. The fourth-order valence-corrected chi connectivity index (χ4v) is 3.56. The molecule has 102 valence electrons. The van der Waals surface area contributed by atoms with Gasteiger partial charge in [0, 0.05) is 27.7 Å². The van der Waals surface area contributed by atoms with Crippen LogP contribution in [-0.4, -0.2) is 13.1 Å². The molecular formula is C14H17NO2S2. The first-order chi connectivity index (χ1) is 9.19. The van der Waals surface area contributed by atoms with Crippen LogP contribution in [0.5, 0.6) is 0 Å². The molecule has 0 atom stereocenters. The number of methoxy groups -OCH3 is 1. The molecule has 0 bridgehead atoms. The van der Waals surface area contributed by atoms with Crippen molar-refractivity contribution in [3.63, 3.8) is 0 Å². The van der Waals surface area contributed by atoms with Gasteiger partial charge in [0.25, 0.3) is 0 Å². The number of carbonyl (C=O) groups excluding carboxylic acids is 1. The lowest BCUT2D eigenvalue weighted by Gasteiger charge is -2.02. The van der Waals surface area contributed by atoms with Gasteiger partial charge in [-0.2, -0.15) is 0 Å². The molecule has 0 spiro atoms. The van der Waals surface area contributed by atoms with E-state index in [-0.39, 0.29) is 5.97 Å². The number of rotatable bonds is 6. The molecule has 0 fully saturated rings. The molecule has 0 aliphatic rings. The number of hydrogen-bond acceptors (Lipinski definition) is 5. The van der Waals surface area contributed by atoms with Crippen LogP contribution < -0.4 is 5.32 Å². The second-order valence-corrected chi connectivity index (χ2v) is 6.50. The number of esters is 1. The molecule has 0 unspecified atom stereocenters. The summed E-state index contributed by atoms with van der Waals surface area (Å²) in [6.45, 7) is 3.87. The van der Waals surface area contributed by atoms with E-state index in [0.29, 0.717) is 6.42 Å². The van der Waals surface area contributed by atoms with Crippen LogP contribution in [-0.2, 0) is 29.0 Å². The molecule has 2 aromatic heterocycles. The van der Waals surface area contributed by atoms with E-state index in [1.807, 2.05) is 6.07 Å². The molecule has 0 aromatic carbocycles. The van der Waals surface area contributed by atoms with Crippen LogP contribution in [0.1, 0.15) is 20.2 Å². The summed E-state index contributed by atoms with van der Waals surface area (Å²) in [5.41, 5.74) is 1.34. The lowest BCUT2D eigenvalue weighted by Crippen LogP contribution is -2.11. The van der Waals surface area contributed by atoms with Crippen molar-refractivity contribution in [2.75, 3.05) is 7.11 Å². The fourth-order valence-electron chi connectivity index (χ4n) is 1.71. The molecule has 2 rings (SSSR count). The van der Waals surface area contributed by atoms with Crippen molar-refractivity contribution in [3.05, 3.63) is 43.8 Å². The summed E-state index contributed by atoms with van der Waals surface area (Å²) in [6, 6.07) is 6.20. The van der Waals surface area contributed by atoms with Crippen LogP contribution in [0.2, 0.25) is 0 Å². The second-order valence-electron chi connectivity index (χ2n) is 4.25. The summed E-state index contributed by atoms with van der Waals surface area (Å²) < 4.78 is 4.66. The van der Waals surface area contributed by atoms with Gasteiger partial charge in [-0.3, -0.25) is 4.79 Å². The molecule has 0 saturated carbocycles. The number of hydrogen-bond donors (Lipinski definition) is 1. The summed E-state index contributed by atoms with van der Waals surface area (Å²) in [5, 5.41) is 5.55. The lowest BCUT2D eigenvalue weighted by atomic mass is 10.3. The molecule has 3 nitrogen and oxygen atoms in total. The van der Waals surface area contributed by atoms with E-state index < -0.39 is 0 Å². The Kier molecular flexibility index (Phi) is 5.13. The zero-order chi connectivity index (χ0) is 13.7. The highest BCUT2D eigenvalue weighted by Gasteiger charge is 2.06. The lowest BCUT2D eigenvalue weighted by molar-refractivity contribution is -0.139. The predicted octanol–water partition coefficient (Wildman–Crippen LogP) is 3.12. The normalized spacial score (nSPS) is 10.6. The number of thiophene rings is 2. The van der Waals surface area contributed by atoms with Gasteiger partial charge in [0.2, 0.25) is 0 Å². The van der Waals surface area contributed by atoms with E-state index >= 15 is 0 Å². The first-order valence-electron chi connectivity index (χ1n) is 6.07. The standard InChI is InChI=1S/C14H17NO2S2/c1-10-5-6-18-13(10)9-15-8-12-4-3-11(19-12)7-14(16)17-2/h3-6,15H,7-9H2,1-2H3. The second kappa shape index (κ2) is 6.84. The van der Waals surface area contributed by atoms with Gasteiger partial charge >= 0.3 is 5.97 Å². The quantitative estimate of drug-likeness (QED) is 0.832. The van der Waals surface area contributed by atoms with Gasteiger partial charge in [-0.25, -0.2) is 0 Å². The third-order valence-corrected chi connectivity index (χ3v) is 4.92. The molecule has 0 amide bonds. The molecule has 0 aliphatic carbocycles. The molecule has 5 heteroatoms. The van der Waals surface area contributed by atoms with Gasteiger partial charge in [0.15, 0.2) is 0 Å². The minimum atomic E-state index is -0.185. The van der Waals surface area contributed by atoms with E-state index in [1.165, 1.54) is 22.4 Å². The molecular weight excluding hydrogens is 278 g/mol. The molecule has 0 aliphatic heterocycles. The van der Waals surface area contributed by atoms with Gasteiger partial charge in [-0.15, -0.1) is 22.7 Å². The Bertz CT molecular complexity index is 545.